The maximum absolute atomic E-state index is 12.9. The van der Waals surface area contributed by atoms with Crippen LogP contribution in [0.25, 0.3) is 0 Å². The minimum atomic E-state index is -1.83. The van der Waals surface area contributed by atoms with Gasteiger partial charge in [0.25, 0.3) is 0 Å². The largest absolute Gasteiger partial charge is 0.462 e. The molecule has 0 amide bonds. The minimum absolute atomic E-state index is 0.0417. The van der Waals surface area contributed by atoms with Gasteiger partial charge in [0.2, 0.25) is 5.79 Å². The Morgan fingerprint density at radius 1 is 0.710 bits per heavy atom. The number of hydrogen-bond acceptors (Lipinski definition) is 14. The van der Waals surface area contributed by atoms with Crippen LogP contribution in [-0.4, -0.2) is 91.3 Å². The summed E-state index contributed by atoms with van der Waals surface area (Å²) in [5.74, 6) is -1.23. The molecule has 0 aromatic heterocycles. The number of carbonyl (C=O) groups is 6. The van der Waals surface area contributed by atoms with E-state index in [1.807, 2.05) is 0 Å². The van der Waals surface area contributed by atoms with Crippen molar-refractivity contribution in [1.29, 1.82) is 0 Å². The van der Waals surface area contributed by atoms with Crippen LogP contribution in [0.4, 0.5) is 0 Å². The zero-order valence-electron chi connectivity index (χ0n) is 39.4. The number of rotatable bonds is 17. The van der Waals surface area contributed by atoms with Gasteiger partial charge in [-0.25, -0.2) is 0 Å². The second-order valence-corrected chi connectivity index (χ2v) is 20.6. The molecule has 62 heavy (non-hydrogen) atoms. The summed E-state index contributed by atoms with van der Waals surface area (Å²) in [6.45, 7) is 18.7. The Hall–Kier alpha value is -3.26. The lowest BCUT2D eigenvalue weighted by atomic mass is 9.44. The maximum Gasteiger partial charge on any atom is 0.305 e. The maximum atomic E-state index is 12.9. The van der Waals surface area contributed by atoms with Crippen LogP contribution >= 0.6 is 0 Å². The van der Waals surface area contributed by atoms with Gasteiger partial charge in [-0.15, -0.1) is 0 Å². The Morgan fingerprint density at radius 2 is 1.37 bits per heavy atom. The first-order valence-electron chi connectivity index (χ1n) is 23.5. The topological polar surface area (TPSA) is 179 Å². The monoisotopic (exact) mass is 876 g/mol. The van der Waals surface area contributed by atoms with Gasteiger partial charge in [-0.1, -0.05) is 53.9 Å². The van der Waals surface area contributed by atoms with Crippen LogP contribution in [0.5, 0.6) is 0 Å². The summed E-state index contributed by atoms with van der Waals surface area (Å²) in [5, 5.41) is 3.66. The molecule has 0 spiro atoms. The number of carbonyl (C=O) groups excluding carboxylic acids is 6. The molecule has 0 aromatic carbocycles. The number of ether oxygens (including phenoxy) is 7. The first kappa shape index (κ1) is 49.8. The summed E-state index contributed by atoms with van der Waals surface area (Å²) in [4.78, 5) is 75.0. The van der Waals surface area contributed by atoms with Crippen molar-refractivity contribution in [3.05, 3.63) is 0 Å². The van der Waals surface area contributed by atoms with Gasteiger partial charge in [0.05, 0.1) is 13.0 Å². The summed E-state index contributed by atoms with van der Waals surface area (Å²) in [5.41, 5.74) is 0.654. The van der Waals surface area contributed by atoms with Crippen molar-refractivity contribution < 1.29 is 61.9 Å². The molecule has 1 heterocycles. The third-order valence-electron chi connectivity index (χ3n) is 15.8. The van der Waals surface area contributed by atoms with E-state index < -0.39 is 78.7 Å². The van der Waals surface area contributed by atoms with Crippen LogP contribution in [0, 0.1) is 52.3 Å². The van der Waals surface area contributed by atoms with E-state index in [0.717, 1.165) is 76.5 Å². The predicted molar refractivity (Wildman–Crippen MR) is 228 cm³/mol. The number of nitrogens with one attached hydrogen (secondary N) is 1. The fourth-order valence-electron chi connectivity index (χ4n) is 13.3. The van der Waals surface area contributed by atoms with Gasteiger partial charge in [0.15, 0.2) is 18.3 Å². The van der Waals surface area contributed by atoms with Gasteiger partial charge in [-0.2, -0.15) is 0 Å². The van der Waals surface area contributed by atoms with E-state index in [4.69, 9.17) is 33.2 Å². The van der Waals surface area contributed by atoms with Crippen molar-refractivity contribution in [2.45, 2.75) is 202 Å². The Balaban J connectivity index is 1.36. The molecule has 1 aliphatic heterocycles. The molecular formula is C48H77NO13. The molecule has 1 saturated heterocycles. The first-order valence-corrected chi connectivity index (χ1v) is 23.5. The van der Waals surface area contributed by atoms with Crippen molar-refractivity contribution in [3.63, 3.8) is 0 Å². The van der Waals surface area contributed by atoms with Crippen LogP contribution in [0.15, 0.2) is 0 Å². The van der Waals surface area contributed by atoms with Gasteiger partial charge in [0, 0.05) is 47.6 Å². The van der Waals surface area contributed by atoms with Gasteiger partial charge in [-0.05, 0) is 110 Å². The van der Waals surface area contributed by atoms with E-state index >= 15 is 0 Å². The van der Waals surface area contributed by atoms with Crippen molar-refractivity contribution in [2.75, 3.05) is 13.2 Å². The van der Waals surface area contributed by atoms with Crippen LogP contribution in [0.2, 0.25) is 0 Å². The molecule has 0 aromatic rings. The average molecular weight is 876 g/mol. The summed E-state index contributed by atoms with van der Waals surface area (Å²) in [6.07, 6.45) is 7.15. The van der Waals surface area contributed by atoms with Crippen molar-refractivity contribution in [1.82, 2.24) is 5.32 Å². The first-order chi connectivity index (χ1) is 29.1. The standard InChI is InChI=1S/C48H77NO13/c1-27(2)13-12-14-28(3)38-17-18-39-37-16-15-35-23-36(19-21-46(35,10)40(37)20-22-47(38,39)11)49-26-48(61-34(9)55)24-41(57-30(5)51)43(59-32(7)53)45(62-48)44(60-33(8)54)42(58-31(6)52)25-56-29(4)50/h27-28,35-45,49H,12-26H2,1-11H3/t28-,35?,36?,37+,38-,39+,40+,41+,42+,43-,44-,45-,46+,47-,48+/m1/s1. The van der Waals surface area contributed by atoms with Crippen molar-refractivity contribution in [2.24, 2.45) is 52.3 Å². The number of esters is 6. The smallest absolute Gasteiger partial charge is 0.305 e. The molecule has 5 rings (SSSR count). The van der Waals surface area contributed by atoms with Gasteiger partial charge >= 0.3 is 35.8 Å². The highest BCUT2D eigenvalue weighted by atomic mass is 16.7. The summed E-state index contributed by atoms with van der Waals surface area (Å²) < 4.78 is 40.5. The lowest BCUT2D eigenvalue weighted by molar-refractivity contribution is -0.325. The minimum Gasteiger partial charge on any atom is -0.462 e. The highest BCUT2D eigenvalue weighted by molar-refractivity contribution is 5.69. The predicted octanol–water partition coefficient (Wildman–Crippen LogP) is 7.40. The van der Waals surface area contributed by atoms with Crippen LogP contribution < -0.4 is 5.32 Å². The lowest BCUT2D eigenvalue weighted by Crippen LogP contribution is -2.67. The van der Waals surface area contributed by atoms with Gasteiger partial charge in [0.1, 0.15) is 18.8 Å². The Labute approximate surface area is 369 Å². The van der Waals surface area contributed by atoms with Gasteiger partial charge < -0.3 is 38.5 Å². The van der Waals surface area contributed by atoms with E-state index in [9.17, 15) is 28.8 Å². The van der Waals surface area contributed by atoms with E-state index in [1.54, 1.807) is 0 Å². The molecule has 0 radical (unpaired) electrons. The Morgan fingerprint density at radius 3 is 1.98 bits per heavy atom. The zero-order chi connectivity index (χ0) is 45.7. The lowest BCUT2D eigenvalue weighted by Gasteiger charge is -2.61. The van der Waals surface area contributed by atoms with Gasteiger partial charge in [-0.3, -0.25) is 28.8 Å². The normalized spacial score (nSPS) is 36.7. The molecule has 4 aliphatic carbocycles. The molecule has 0 bridgehead atoms. The molecule has 5 fully saturated rings. The third-order valence-corrected chi connectivity index (χ3v) is 15.8. The Kier molecular flexibility index (Phi) is 16.6. The van der Waals surface area contributed by atoms with Crippen molar-refractivity contribution >= 4 is 35.8 Å². The number of fused-ring (bicyclic) bond motifs is 5. The van der Waals surface area contributed by atoms with Crippen LogP contribution in [0.3, 0.4) is 0 Å². The third kappa shape index (κ3) is 11.7. The molecule has 14 heteroatoms. The van der Waals surface area contributed by atoms with E-state index in [-0.39, 0.29) is 24.4 Å². The SMILES string of the molecule is CC(=O)OC[C@H](OC(C)=O)[C@@H](OC(C)=O)[C@@H]1O[C@@](CNC2CC[C@@]3(C)C(CC[C@H]4[C@@H]5CC[C@H]([C@H](C)CCCC(C)C)[C@@]5(C)CC[C@@H]43)C2)(OC(C)=O)C[C@H](OC(C)=O)[C@H]1OC(C)=O. The van der Waals surface area contributed by atoms with E-state index in [1.165, 1.54) is 71.6 Å². The molecule has 2 unspecified atom stereocenters. The molecular weight excluding hydrogens is 799 g/mol. The average Bonchev–Trinajstić information content (AvgIpc) is 3.52. The highest BCUT2D eigenvalue weighted by Gasteiger charge is 2.61. The molecule has 14 nitrogen and oxygen atoms in total. The zero-order valence-corrected chi connectivity index (χ0v) is 39.4. The Bertz CT molecular complexity index is 1620. The van der Waals surface area contributed by atoms with Crippen LogP contribution in [-0.2, 0) is 61.9 Å². The summed E-state index contributed by atoms with van der Waals surface area (Å²) in [7, 11) is 0. The summed E-state index contributed by atoms with van der Waals surface area (Å²) >= 11 is 0. The molecule has 1 N–H and O–H groups in total. The van der Waals surface area contributed by atoms with E-state index in [2.05, 4.69) is 39.9 Å². The highest BCUT2D eigenvalue weighted by Crippen LogP contribution is 2.68. The quantitative estimate of drug-likeness (QED) is 0.113. The molecule has 5 aliphatic rings. The van der Waals surface area contributed by atoms with E-state index in [0.29, 0.717) is 17.3 Å². The summed E-state index contributed by atoms with van der Waals surface area (Å²) in [6, 6.07) is 0.0518. The molecule has 4 saturated carbocycles. The second-order valence-electron chi connectivity index (χ2n) is 20.6. The molecule has 15 atom stereocenters. The second kappa shape index (κ2) is 20.7. The fraction of sp³-hybridized carbons (Fsp3) is 0.875. The fourth-order valence-corrected chi connectivity index (χ4v) is 13.3. The molecule has 352 valence electrons. The van der Waals surface area contributed by atoms with Crippen LogP contribution in [0.1, 0.15) is 160 Å². The number of hydrogen-bond donors (Lipinski definition) is 1. The van der Waals surface area contributed by atoms with Crippen molar-refractivity contribution in [3.8, 4) is 0 Å².